The van der Waals surface area contributed by atoms with E-state index in [1.807, 2.05) is 6.92 Å². The Morgan fingerprint density at radius 3 is 2.33 bits per heavy atom. The van der Waals surface area contributed by atoms with Crippen molar-refractivity contribution in [1.82, 2.24) is 0 Å². The average Bonchev–Trinajstić information content (AvgIpc) is 1.97. The number of aliphatic hydroxyl groups is 2. The standard InChI is InChI=1S/C10H18O2/c1-8(10(2,3)4)5-6-9(12)7-11/h6,9,11-12H,7H2,1-4H3/t5?,9-/m0/s1. The highest BCUT2D eigenvalue weighted by molar-refractivity contribution is 5.08. The highest BCUT2D eigenvalue weighted by Crippen LogP contribution is 2.22. The Bertz CT molecular complexity index is 192. The molecule has 0 spiro atoms. The van der Waals surface area contributed by atoms with Crippen LogP contribution in [-0.4, -0.2) is 22.9 Å². The van der Waals surface area contributed by atoms with E-state index in [-0.39, 0.29) is 12.0 Å². The summed E-state index contributed by atoms with van der Waals surface area (Å²) in [6, 6.07) is 0. The molecule has 0 rings (SSSR count). The van der Waals surface area contributed by atoms with E-state index in [0.29, 0.717) is 0 Å². The molecule has 0 aliphatic carbocycles. The summed E-state index contributed by atoms with van der Waals surface area (Å²) in [7, 11) is 0. The van der Waals surface area contributed by atoms with Crippen molar-refractivity contribution in [2.24, 2.45) is 5.41 Å². The van der Waals surface area contributed by atoms with Gasteiger partial charge >= 0.3 is 0 Å². The predicted octanol–water partition coefficient (Wildman–Crippen LogP) is 1.49. The molecular weight excluding hydrogens is 152 g/mol. The summed E-state index contributed by atoms with van der Waals surface area (Å²) >= 11 is 0. The van der Waals surface area contributed by atoms with Crippen LogP contribution in [0.3, 0.4) is 0 Å². The van der Waals surface area contributed by atoms with Crippen LogP contribution >= 0.6 is 0 Å². The Balaban J connectivity index is 4.45. The molecule has 0 amide bonds. The largest absolute Gasteiger partial charge is 0.393 e. The molecule has 0 unspecified atom stereocenters. The summed E-state index contributed by atoms with van der Waals surface area (Å²) in [5, 5.41) is 17.5. The van der Waals surface area contributed by atoms with Crippen molar-refractivity contribution >= 4 is 0 Å². The smallest absolute Gasteiger partial charge is 0.102 e. The zero-order chi connectivity index (χ0) is 9.78. The second-order valence-electron chi connectivity index (χ2n) is 3.94. The minimum atomic E-state index is -0.790. The van der Waals surface area contributed by atoms with Crippen molar-refractivity contribution in [2.75, 3.05) is 6.61 Å². The van der Waals surface area contributed by atoms with Crippen LogP contribution < -0.4 is 0 Å². The van der Waals surface area contributed by atoms with Crippen LogP contribution in [0.25, 0.3) is 0 Å². The van der Waals surface area contributed by atoms with E-state index in [1.165, 1.54) is 6.08 Å². The third-order valence-corrected chi connectivity index (χ3v) is 1.80. The molecule has 0 radical (unpaired) electrons. The second kappa shape index (κ2) is 4.46. The van der Waals surface area contributed by atoms with Gasteiger partial charge in [-0.25, -0.2) is 0 Å². The van der Waals surface area contributed by atoms with Crippen molar-refractivity contribution in [3.63, 3.8) is 0 Å². The summed E-state index contributed by atoms with van der Waals surface area (Å²) in [6.07, 6.45) is 0.697. The number of hydrogen-bond acceptors (Lipinski definition) is 2. The van der Waals surface area contributed by atoms with Crippen LogP contribution in [0.4, 0.5) is 0 Å². The van der Waals surface area contributed by atoms with Crippen LogP contribution in [0.1, 0.15) is 27.7 Å². The Morgan fingerprint density at radius 1 is 1.50 bits per heavy atom. The highest BCUT2D eigenvalue weighted by atomic mass is 16.3. The van der Waals surface area contributed by atoms with Gasteiger partial charge in [-0.1, -0.05) is 20.8 Å². The topological polar surface area (TPSA) is 40.5 Å². The molecular formula is C10H18O2. The first kappa shape index (κ1) is 11.4. The molecule has 0 aromatic carbocycles. The van der Waals surface area contributed by atoms with E-state index in [2.05, 4.69) is 26.5 Å². The lowest BCUT2D eigenvalue weighted by atomic mass is 9.88. The first-order valence-electron chi connectivity index (χ1n) is 4.10. The minimum absolute atomic E-state index is 0.0751. The first-order chi connectivity index (χ1) is 5.38. The molecule has 0 aromatic heterocycles. The fraction of sp³-hybridized carbons (Fsp3) is 0.700. The fourth-order valence-electron chi connectivity index (χ4n) is 0.490. The van der Waals surface area contributed by atoms with Gasteiger partial charge in [0, 0.05) is 0 Å². The van der Waals surface area contributed by atoms with E-state index in [9.17, 15) is 0 Å². The van der Waals surface area contributed by atoms with E-state index in [0.717, 1.165) is 5.57 Å². The Labute approximate surface area is 74.2 Å². The molecule has 0 fully saturated rings. The van der Waals surface area contributed by atoms with Gasteiger partial charge in [0.15, 0.2) is 0 Å². The van der Waals surface area contributed by atoms with E-state index < -0.39 is 6.10 Å². The van der Waals surface area contributed by atoms with Crippen LogP contribution in [0.2, 0.25) is 0 Å². The summed E-state index contributed by atoms with van der Waals surface area (Å²) < 4.78 is 0. The quantitative estimate of drug-likeness (QED) is 0.616. The van der Waals surface area contributed by atoms with Gasteiger partial charge < -0.3 is 10.2 Å². The lowest BCUT2D eigenvalue weighted by molar-refractivity contribution is 0.131. The van der Waals surface area contributed by atoms with Gasteiger partial charge in [0.25, 0.3) is 0 Å². The van der Waals surface area contributed by atoms with Gasteiger partial charge in [-0.15, -0.1) is 5.73 Å². The van der Waals surface area contributed by atoms with Crippen molar-refractivity contribution in [3.8, 4) is 0 Å². The van der Waals surface area contributed by atoms with Crippen LogP contribution in [0.5, 0.6) is 0 Å². The normalized spacial score (nSPS) is 13.5. The van der Waals surface area contributed by atoms with E-state index in [4.69, 9.17) is 10.2 Å². The maximum absolute atomic E-state index is 8.99. The minimum Gasteiger partial charge on any atom is -0.393 e. The van der Waals surface area contributed by atoms with Crippen LogP contribution in [0, 0.1) is 5.41 Å². The molecule has 0 aliphatic heterocycles. The molecule has 70 valence electrons. The van der Waals surface area contributed by atoms with Crippen molar-refractivity contribution < 1.29 is 10.2 Å². The van der Waals surface area contributed by atoms with E-state index in [1.54, 1.807) is 0 Å². The van der Waals surface area contributed by atoms with E-state index >= 15 is 0 Å². The zero-order valence-corrected chi connectivity index (χ0v) is 8.26. The number of hydrogen-bond donors (Lipinski definition) is 2. The molecule has 2 N–H and O–H groups in total. The summed E-state index contributed by atoms with van der Waals surface area (Å²) in [5.74, 6) is 0. The molecule has 12 heavy (non-hydrogen) atoms. The SMILES string of the molecule is CC(=C=C[C@H](O)CO)C(C)(C)C. The van der Waals surface area contributed by atoms with Gasteiger partial charge in [0.2, 0.25) is 0 Å². The molecule has 1 atom stereocenters. The lowest BCUT2D eigenvalue weighted by Gasteiger charge is -2.16. The van der Waals surface area contributed by atoms with Gasteiger partial charge in [-0.2, -0.15) is 0 Å². The molecule has 2 nitrogen and oxygen atoms in total. The molecule has 0 saturated heterocycles. The lowest BCUT2D eigenvalue weighted by Crippen LogP contribution is -2.08. The first-order valence-corrected chi connectivity index (χ1v) is 4.10. The monoisotopic (exact) mass is 170 g/mol. The van der Waals surface area contributed by atoms with Gasteiger partial charge in [0.05, 0.1) is 6.61 Å². The molecule has 2 heteroatoms. The molecule has 0 aliphatic rings. The molecule has 0 saturated carbocycles. The summed E-state index contributed by atoms with van der Waals surface area (Å²) in [4.78, 5) is 0. The molecule has 0 heterocycles. The summed E-state index contributed by atoms with van der Waals surface area (Å²) in [6.45, 7) is 7.95. The number of rotatable bonds is 2. The highest BCUT2D eigenvalue weighted by Gasteiger charge is 2.11. The zero-order valence-electron chi connectivity index (χ0n) is 8.26. The second-order valence-corrected chi connectivity index (χ2v) is 3.94. The Hall–Kier alpha value is -0.560. The third kappa shape index (κ3) is 4.35. The predicted molar refractivity (Wildman–Crippen MR) is 49.8 cm³/mol. The fourth-order valence-corrected chi connectivity index (χ4v) is 0.490. The van der Waals surface area contributed by atoms with Crippen molar-refractivity contribution in [1.29, 1.82) is 0 Å². The van der Waals surface area contributed by atoms with Gasteiger partial charge in [-0.05, 0) is 24.0 Å². The van der Waals surface area contributed by atoms with Gasteiger partial charge in [0.1, 0.15) is 6.10 Å². The summed E-state index contributed by atoms with van der Waals surface area (Å²) in [5.41, 5.74) is 4.09. The van der Waals surface area contributed by atoms with Crippen molar-refractivity contribution in [2.45, 2.75) is 33.8 Å². The maximum atomic E-state index is 8.99. The average molecular weight is 170 g/mol. The van der Waals surface area contributed by atoms with Crippen LogP contribution in [0.15, 0.2) is 17.4 Å². The van der Waals surface area contributed by atoms with Crippen molar-refractivity contribution in [3.05, 3.63) is 17.4 Å². The third-order valence-electron chi connectivity index (χ3n) is 1.80. The molecule has 0 bridgehead atoms. The van der Waals surface area contributed by atoms with Crippen LogP contribution in [-0.2, 0) is 0 Å². The number of aliphatic hydroxyl groups excluding tert-OH is 2. The Morgan fingerprint density at radius 2 is 2.00 bits per heavy atom. The maximum Gasteiger partial charge on any atom is 0.102 e. The Kier molecular flexibility index (Phi) is 4.25. The molecule has 0 aromatic rings. The van der Waals surface area contributed by atoms with Gasteiger partial charge in [-0.3, -0.25) is 0 Å².